The highest BCUT2D eigenvalue weighted by molar-refractivity contribution is 5.39. The Morgan fingerprint density at radius 1 is 0.853 bits per heavy atom. The molecule has 178 valence electrons. The second-order valence-electron chi connectivity index (χ2n) is 10.0. The van der Waals surface area contributed by atoms with E-state index in [1.54, 1.807) is 7.11 Å². The van der Waals surface area contributed by atoms with E-state index >= 15 is 0 Å². The van der Waals surface area contributed by atoms with Gasteiger partial charge in [-0.15, -0.1) is 0 Å². The molecule has 2 saturated heterocycles. The van der Waals surface area contributed by atoms with Crippen LogP contribution in [0.25, 0.3) is 0 Å². The summed E-state index contributed by atoms with van der Waals surface area (Å²) in [5.74, 6) is 1.58. The van der Waals surface area contributed by atoms with Crippen molar-refractivity contribution in [2.45, 2.75) is 44.4 Å². The average Bonchev–Trinajstić information content (AvgIpc) is 2.83. The summed E-state index contributed by atoms with van der Waals surface area (Å²) in [6.07, 6.45) is 0. The predicted octanol–water partition coefficient (Wildman–Crippen LogP) is 5.07. The average molecular weight is 456 g/mol. The summed E-state index contributed by atoms with van der Waals surface area (Å²) in [5.41, 5.74) is 5.49. The van der Waals surface area contributed by atoms with Gasteiger partial charge in [0.2, 0.25) is 0 Å². The molecule has 2 heterocycles. The largest absolute Gasteiger partial charge is 0.497 e. The lowest BCUT2D eigenvalue weighted by Gasteiger charge is -2.48. The molecule has 0 spiro atoms. The minimum Gasteiger partial charge on any atom is -0.497 e. The van der Waals surface area contributed by atoms with Crippen molar-refractivity contribution in [1.29, 1.82) is 0 Å². The summed E-state index contributed by atoms with van der Waals surface area (Å²) in [4.78, 5) is 5.33. The summed E-state index contributed by atoms with van der Waals surface area (Å²) in [6.45, 7) is 10.0. The molecule has 0 bridgehead atoms. The van der Waals surface area contributed by atoms with E-state index < -0.39 is 0 Å². The van der Waals surface area contributed by atoms with Crippen LogP contribution in [0.4, 0.5) is 0 Å². The molecule has 34 heavy (non-hydrogen) atoms. The summed E-state index contributed by atoms with van der Waals surface area (Å²) in [6, 6.07) is 30.0. The van der Waals surface area contributed by atoms with Crippen molar-refractivity contribution in [3.05, 3.63) is 101 Å². The lowest BCUT2D eigenvalue weighted by molar-refractivity contribution is 0.0195. The number of piperazine rings is 1. The molecule has 1 N–H and O–H groups in total. The highest BCUT2D eigenvalue weighted by Gasteiger charge is 2.35. The van der Waals surface area contributed by atoms with Crippen molar-refractivity contribution in [1.82, 2.24) is 15.1 Å². The zero-order valence-electron chi connectivity index (χ0n) is 20.7. The standard InChI is InChI=1S/C30H37N3O/c1-22-20-33(23(2)19-32(22)21-24-8-5-4-6-9-24)30(27-10-7-11-29(16-27)34-3)26-14-12-25(13-15-26)28-17-31-18-28/h4-16,22-23,28,30-31H,17-21H2,1-3H3/t22-,23+,30?/m1/s1. The summed E-state index contributed by atoms with van der Waals surface area (Å²) in [7, 11) is 1.75. The first kappa shape index (κ1) is 23.1. The van der Waals surface area contributed by atoms with Crippen LogP contribution < -0.4 is 10.1 Å². The van der Waals surface area contributed by atoms with E-state index in [-0.39, 0.29) is 6.04 Å². The maximum atomic E-state index is 5.60. The van der Waals surface area contributed by atoms with Gasteiger partial charge in [-0.2, -0.15) is 0 Å². The lowest BCUT2D eigenvalue weighted by atomic mass is 9.89. The Kier molecular flexibility index (Phi) is 7.00. The molecule has 3 aromatic rings. The van der Waals surface area contributed by atoms with Gasteiger partial charge in [-0.05, 0) is 48.2 Å². The van der Waals surface area contributed by atoms with E-state index in [0.717, 1.165) is 38.5 Å². The molecule has 2 aliphatic heterocycles. The second kappa shape index (κ2) is 10.3. The fourth-order valence-corrected chi connectivity index (χ4v) is 5.48. The molecular weight excluding hydrogens is 418 g/mol. The fourth-order valence-electron chi connectivity index (χ4n) is 5.48. The summed E-state index contributed by atoms with van der Waals surface area (Å²) < 4.78 is 5.60. The van der Waals surface area contributed by atoms with E-state index in [9.17, 15) is 0 Å². The van der Waals surface area contributed by atoms with Crippen LogP contribution in [0.1, 0.15) is 48.1 Å². The van der Waals surface area contributed by atoms with Crippen molar-refractivity contribution < 1.29 is 4.74 Å². The van der Waals surface area contributed by atoms with Crippen LogP contribution in [0.2, 0.25) is 0 Å². The minimum atomic E-state index is 0.208. The Morgan fingerprint density at radius 2 is 1.62 bits per heavy atom. The fraction of sp³-hybridized carbons (Fsp3) is 0.400. The number of benzene rings is 3. The zero-order chi connectivity index (χ0) is 23.5. The van der Waals surface area contributed by atoms with E-state index in [1.165, 1.54) is 22.3 Å². The van der Waals surface area contributed by atoms with Crippen LogP contribution in [0.15, 0.2) is 78.9 Å². The van der Waals surface area contributed by atoms with E-state index in [4.69, 9.17) is 4.74 Å². The summed E-state index contributed by atoms with van der Waals surface area (Å²) in [5, 5.41) is 3.39. The first-order valence-corrected chi connectivity index (χ1v) is 12.6. The van der Waals surface area contributed by atoms with Crippen LogP contribution >= 0.6 is 0 Å². The van der Waals surface area contributed by atoms with Crippen LogP contribution in [0.5, 0.6) is 5.75 Å². The van der Waals surface area contributed by atoms with E-state index in [0.29, 0.717) is 18.0 Å². The quantitative estimate of drug-likeness (QED) is 0.539. The molecule has 0 amide bonds. The van der Waals surface area contributed by atoms with Gasteiger partial charge in [0.1, 0.15) is 5.75 Å². The van der Waals surface area contributed by atoms with Gasteiger partial charge >= 0.3 is 0 Å². The third-order valence-corrected chi connectivity index (χ3v) is 7.64. The third kappa shape index (κ3) is 4.90. The maximum absolute atomic E-state index is 5.60. The molecule has 2 fully saturated rings. The molecular formula is C30H37N3O. The topological polar surface area (TPSA) is 27.7 Å². The van der Waals surface area contributed by atoms with Gasteiger partial charge in [0.25, 0.3) is 0 Å². The molecule has 4 nitrogen and oxygen atoms in total. The molecule has 1 unspecified atom stereocenters. The Labute approximate surface area is 204 Å². The number of hydrogen-bond donors (Lipinski definition) is 1. The van der Waals surface area contributed by atoms with Gasteiger partial charge in [0.05, 0.1) is 13.2 Å². The van der Waals surface area contributed by atoms with Crippen molar-refractivity contribution in [3.63, 3.8) is 0 Å². The van der Waals surface area contributed by atoms with Crippen molar-refractivity contribution >= 4 is 0 Å². The first-order chi connectivity index (χ1) is 16.6. The third-order valence-electron chi connectivity index (χ3n) is 7.64. The predicted molar refractivity (Wildman–Crippen MR) is 139 cm³/mol. The van der Waals surface area contributed by atoms with Crippen molar-refractivity contribution in [2.75, 3.05) is 33.3 Å². The van der Waals surface area contributed by atoms with Crippen LogP contribution in [-0.4, -0.2) is 55.2 Å². The highest BCUT2D eigenvalue weighted by atomic mass is 16.5. The number of rotatable bonds is 7. The van der Waals surface area contributed by atoms with Gasteiger partial charge in [0.15, 0.2) is 0 Å². The van der Waals surface area contributed by atoms with Crippen molar-refractivity contribution in [2.24, 2.45) is 0 Å². The number of methoxy groups -OCH3 is 1. The number of ether oxygens (including phenoxy) is 1. The Bertz CT molecular complexity index is 1060. The lowest BCUT2D eigenvalue weighted by Crippen LogP contribution is -2.56. The Balaban J connectivity index is 1.42. The molecule has 0 aliphatic carbocycles. The van der Waals surface area contributed by atoms with Gasteiger partial charge in [-0.1, -0.05) is 66.7 Å². The Morgan fingerprint density at radius 3 is 2.29 bits per heavy atom. The van der Waals surface area contributed by atoms with Gasteiger partial charge < -0.3 is 10.1 Å². The van der Waals surface area contributed by atoms with Gasteiger partial charge in [0, 0.05) is 50.7 Å². The Hall–Kier alpha value is -2.66. The number of nitrogens with one attached hydrogen (secondary N) is 1. The normalized spacial score (nSPS) is 22.8. The van der Waals surface area contributed by atoms with Crippen LogP contribution in [-0.2, 0) is 6.54 Å². The molecule has 2 aliphatic rings. The molecule has 4 heteroatoms. The smallest absolute Gasteiger partial charge is 0.119 e. The van der Waals surface area contributed by atoms with Crippen molar-refractivity contribution in [3.8, 4) is 5.75 Å². The van der Waals surface area contributed by atoms with Crippen LogP contribution in [0, 0.1) is 0 Å². The van der Waals surface area contributed by atoms with E-state index in [2.05, 4.69) is 102 Å². The van der Waals surface area contributed by atoms with E-state index in [1.807, 2.05) is 6.07 Å². The minimum absolute atomic E-state index is 0.208. The van der Waals surface area contributed by atoms with Gasteiger partial charge in [-0.3, -0.25) is 9.80 Å². The number of nitrogens with zero attached hydrogens (tertiary/aromatic N) is 2. The number of hydrogen-bond acceptors (Lipinski definition) is 4. The SMILES string of the molecule is COc1cccc(C(c2ccc(C3CNC3)cc2)N2C[C@@H](C)N(Cc3ccccc3)C[C@@H]2C)c1. The zero-order valence-corrected chi connectivity index (χ0v) is 20.7. The molecule has 0 saturated carbocycles. The summed E-state index contributed by atoms with van der Waals surface area (Å²) >= 11 is 0. The molecule has 0 radical (unpaired) electrons. The molecule has 0 aromatic heterocycles. The van der Waals surface area contributed by atoms with Crippen LogP contribution in [0.3, 0.4) is 0 Å². The molecule has 5 rings (SSSR count). The monoisotopic (exact) mass is 455 g/mol. The van der Waals surface area contributed by atoms with Gasteiger partial charge in [-0.25, -0.2) is 0 Å². The highest BCUT2D eigenvalue weighted by Crippen LogP contribution is 2.35. The molecule has 3 atom stereocenters. The maximum Gasteiger partial charge on any atom is 0.119 e. The molecule has 3 aromatic carbocycles. The first-order valence-electron chi connectivity index (χ1n) is 12.6. The second-order valence-corrected chi connectivity index (χ2v) is 10.0.